The van der Waals surface area contributed by atoms with E-state index in [0.717, 1.165) is 34.0 Å². The maximum Gasteiger partial charge on any atom is 0.225 e. The van der Waals surface area contributed by atoms with E-state index in [9.17, 15) is 4.79 Å². The summed E-state index contributed by atoms with van der Waals surface area (Å²) in [4.78, 5) is 18.6. The van der Waals surface area contributed by atoms with E-state index in [1.807, 2.05) is 6.92 Å². The summed E-state index contributed by atoms with van der Waals surface area (Å²) in [6.07, 6.45) is 6.19. The first kappa shape index (κ1) is 18.6. The van der Waals surface area contributed by atoms with Crippen LogP contribution in [0, 0.1) is 25.7 Å². The molecule has 2 aliphatic carbocycles. The minimum absolute atomic E-state index is 0.129. The number of nitrogens with one attached hydrogen (secondary N) is 1. The highest BCUT2D eigenvalue weighted by Gasteiger charge is 2.39. The number of thiazole rings is 1. The number of amides is 1. The molecule has 2 fully saturated rings. The van der Waals surface area contributed by atoms with Crippen molar-refractivity contribution >= 4 is 17.2 Å². The van der Waals surface area contributed by atoms with Crippen LogP contribution in [0.1, 0.15) is 47.6 Å². The molecule has 2 aromatic rings. The third-order valence-electron chi connectivity index (χ3n) is 6.15. The zero-order valence-corrected chi connectivity index (χ0v) is 17.0. The lowest BCUT2D eigenvalue weighted by Crippen LogP contribution is -2.54. The fraction of sp³-hybridized carbons (Fsp3) is 0.545. The highest BCUT2D eigenvalue weighted by molar-refractivity contribution is 7.12. The van der Waals surface area contributed by atoms with Crippen LogP contribution in [-0.2, 0) is 11.2 Å². The summed E-state index contributed by atoms with van der Waals surface area (Å²) in [7, 11) is 0. The van der Waals surface area contributed by atoms with Crippen molar-refractivity contribution in [3.05, 3.63) is 39.7 Å². The SMILES string of the molecule is Cc1ccc(-c2nc(C)sc2CC(=O)NC2C3CCCC2CC(N)C3)cc1. The molecule has 2 saturated carbocycles. The van der Waals surface area contributed by atoms with Crippen molar-refractivity contribution in [1.29, 1.82) is 0 Å². The smallest absolute Gasteiger partial charge is 0.225 e. The first-order valence-corrected chi connectivity index (χ1v) is 10.9. The summed E-state index contributed by atoms with van der Waals surface area (Å²) < 4.78 is 0. The van der Waals surface area contributed by atoms with Gasteiger partial charge in [-0.25, -0.2) is 4.98 Å². The van der Waals surface area contributed by atoms with Crippen LogP contribution in [0.4, 0.5) is 0 Å². The Morgan fingerprint density at radius 3 is 2.52 bits per heavy atom. The Bertz CT molecular complexity index is 799. The normalized spacial score (nSPS) is 27.4. The number of nitrogens with zero attached hydrogens (tertiary/aromatic N) is 1. The lowest BCUT2D eigenvalue weighted by Gasteiger charge is -2.45. The fourth-order valence-electron chi connectivity index (χ4n) is 4.93. The Balaban J connectivity index is 1.48. The van der Waals surface area contributed by atoms with Crippen molar-refractivity contribution < 1.29 is 4.79 Å². The molecule has 0 spiro atoms. The van der Waals surface area contributed by atoms with Crippen molar-refractivity contribution in [3.8, 4) is 11.3 Å². The van der Waals surface area contributed by atoms with Crippen LogP contribution in [0.5, 0.6) is 0 Å². The van der Waals surface area contributed by atoms with Crippen LogP contribution in [0.3, 0.4) is 0 Å². The number of carbonyl (C=O) groups excluding carboxylic acids is 1. The molecule has 4 rings (SSSR count). The molecule has 5 heteroatoms. The lowest BCUT2D eigenvalue weighted by molar-refractivity contribution is -0.122. The van der Waals surface area contributed by atoms with Gasteiger partial charge in [0.2, 0.25) is 5.91 Å². The molecule has 2 unspecified atom stereocenters. The topological polar surface area (TPSA) is 68.0 Å². The van der Waals surface area contributed by atoms with Gasteiger partial charge in [0.25, 0.3) is 0 Å². The fourth-order valence-corrected chi connectivity index (χ4v) is 5.89. The van der Waals surface area contributed by atoms with Gasteiger partial charge in [-0.15, -0.1) is 11.3 Å². The number of benzene rings is 1. The second-order valence-corrected chi connectivity index (χ2v) is 9.61. The zero-order chi connectivity index (χ0) is 19.0. The standard InChI is InChI=1S/C22H29N3OS/c1-13-6-8-15(9-7-13)22-19(27-14(2)24-22)12-20(26)25-21-16-4-3-5-17(21)11-18(23)10-16/h6-9,16-18,21H,3-5,10-12,23H2,1-2H3,(H,25,26). The van der Waals surface area contributed by atoms with E-state index in [-0.39, 0.29) is 5.91 Å². The van der Waals surface area contributed by atoms with Gasteiger partial charge in [-0.3, -0.25) is 4.79 Å². The molecule has 0 radical (unpaired) electrons. The maximum absolute atomic E-state index is 12.9. The molecule has 0 saturated heterocycles. The Kier molecular flexibility index (Phi) is 5.33. The molecule has 2 atom stereocenters. The van der Waals surface area contributed by atoms with Gasteiger partial charge in [0, 0.05) is 22.5 Å². The van der Waals surface area contributed by atoms with Gasteiger partial charge in [0.15, 0.2) is 0 Å². The molecule has 4 nitrogen and oxygen atoms in total. The van der Waals surface area contributed by atoms with Gasteiger partial charge < -0.3 is 11.1 Å². The highest BCUT2D eigenvalue weighted by atomic mass is 32.1. The van der Waals surface area contributed by atoms with Crippen molar-refractivity contribution in [2.75, 3.05) is 0 Å². The van der Waals surface area contributed by atoms with Crippen molar-refractivity contribution in [3.63, 3.8) is 0 Å². The minimum atomic E-state index is 0.129. The van der Waals surface area contributed by atoms with E-state index in [1.54, 1.807) is 11.3 Å². The summed E-state index contributed by atoms with van der Waals surface area (Å²) >= 11 is 1.63. The summed E-state index contributed by atoms with van der Waals surface area (Å²) in [5, 5.41) is 4.38. The molecule has 1 amide bonds. The number of fused-ring (bicyclic) bond motifs is 2. The summed E-state index contributed by atoms with van der Waals surface area (Å²) in [6.45, 7) is 4.09. The maximum atomic E-state index is 12.9. The number of hydrogen-bond donors (Lipinski definition) is 2. The molecule has 144 valence electrons. The average Bonchev–Trinajstić information content (AvgIpc) is 2.96. The molecule has 1 aromatic heterocycles. The van der Waals surface area contributed by atoms with Crippen molar-refractivity contribution in [2.45, 2.75) is 64.5 Å². The van der Waals surface area contributed by atoms with Crippen molar-refractivity contribution in [1.82, 2.24) is 10.3 Å². The van der Waals surface area contributed by atoms with E-state index in [2.05, 4.69) is 36.5 Å². The number of aromatic nitrogens is 1. The van der Waals surface area contributed by atoms with Gasteiger partial charge in [-0.2, -0.15) is 0 Å². The second kappa shape index (κ2) is 7.72. The first-order chi connectivity index (χ1) is 13.0. The molecular formula is C22H29N3OS. The average molecular weight is 384 g/mol. The predicted octanol–water partition coefficient (Wildman–Crippen LogP) is 3.99. The number of carbonyl (C=O) groups is 1. The Morgan fingerprint density at radius 2 is 1.85 bits per heavy atom. The quantitative estimate of drug-likeness (QED) is 0.839. The molecule has 3 N–H and O–H groups in total. The van der Waals surface area contributed by atoms with Gasteiger partial charge in [0.1, 0.15) is 0 Å². The Hall–Kier alpha value is -1.72. The van der Waals surface area contributed by atoms with E-state index >= 15 is 0 Å². The number of aryl methyl sites for hydroxylation is 2. The van der Waals surface area contributed by atoms with Crippen molar-refractivity contribution in [2.24, 2.45) is 17.6 Å². The van der Waals surface area contributed by atoms with Gasteiger partial charge in [-0.1, -0.05) is 36.2 Å². The van der Waals surface area contributed by atoms with Crippen LogP contribution in [-0.4, -0.2) is 23.0 Å². The zero-order valence-electron chi connectivity index (χ0n) is 16.2. The summed E-state index contributed by atoms with van der Waals surface area (Å²) in [5.41, 5.74) is 9.50. The van der Waals surface area contributed by atoms with E-state index in [0.29, 0.717) is 30.3 Å². The van der Waals surface area contributed by atoms with Gasteiger partial charge >= 0.3 is 0 Å². The van der Waals surface area contributed by atoms with Crippen LogP contribution in [0.15, 0.2) is 24.3 Å². The predicted molar refractivity (Wildman–Crippen MR) is 111 cm³/mol. The minimum Gasteiger partial charge on any atom is -0.352 e. The number of rotatable bonds is 4. The lowest BCUT2D eigenvalue weighted by atomic mass is 9.67. The summed E-state index contributed by atoms with van der Waals surface area (Å²) in [5.74, 6) is 1.23. The Labute approximate surface area is 165 Å². The molecule has 2 bridgehead atoms. The molecule has 2 aliphatic rings. The van der Waals surface area contributed by atoms with Crippen LogP contribution in [0.2, 0.25) is 0 Å². The van der Waals surface area contributed by atoms with Gasteiger partial charge in [0.05, 0.1) is 17.1 Å². The molecule has 1 heterocycles. The first-order valence-electron chi connectivity index (χ1n) is 10.1. The number of hydrogen-bond acceptors (Lipinski definition) is 4. The van der Waals surface area contributed by atoms with E-state index in [4.69, 9.17) is 10.7 Å². The van der Waals surface area contributed by atoms with E-state index in [1.165, 1.54) is 24.8 Å². The third kappa shape index (κ3) is 4.09. The number of nitrogens with two attached hydrogens (primary N) is 1. The summed E-state index contributed by atoms with van der Waals surface area (Å²) in [6, 6.07) is 9.00. The highest BCUT2D eigenvalue weighted by Crippen LogP contribution is 2.39. The Morgan fingerprint density at radius 1 is 1.19 bits per heavy atom. The molecule has 27 heavy (non-hydrogen) atoms. The van der Waals surface area contributed by atoms with Crippen LogP contribution in [0.25, 0.3) is 11.3 Å². The van der Waals surface area contributed by atoms with Crippen LogP contribution >= 0.6 is 11.3 Å². The molecule has 1 aromatic carbocycles. The third-order valence-corrected chi connectivity index (χ3v) is 7.13. The molecular weight excluding hydrogens is 354 g/mol. The van der Waals surface area contributed by atoms with E-state index < -0.39 is 0 Å². The monoisotopic (exact) mass is 383 g/mol. The van der Waals surface area contributed by atoms with Gasteiger partial charge in [-0.05, 0) is 51.4 Å². The largest absolute Gasteiger partial charge is 0.352 e. The van der Waals surface area contributed by atoms with Crippen LogP contribution < -0.4 is 11.1 Å². The second-order valence-electron chi connectivity index (χ2n) is 8.32. The molecule has 0 aliphatic heterocycles.